The van der Waals surface area contributed by atoms with Gasteiger partial charge in [0.25, 0.3) is 0 Å². The predicted octanol–water partition coefficient (Wildman–Crippen LogP) is 3.61. The number of carbonyl (C=O) groups is 1. The van der Waals surface area contributed by atoms with Crippen LogP contribution in [0.2, 0.25) is 0 Å². The number of amides is 1. The lowest BCUT2D eigenvalue weighted by molar-refractivity contribution is -0.133. The van der Waals surface area contributed by atoms with Crippen LogP contribution in [-0.2, 0) is 4.79 Å². The summed E-state index contributed by atoms with van der Waals surface area (Å²) < 4.78 is 28.2. The first-order chi connectivity index (χ1) is 9.94. The molecule has 0 aliphatic heterocycles. The van der Waals surface area contributed by atoms with Gasteiger partial charge < -0.3 is 5.32 Å². The highest BCUT2D eigenvalue weighted by Gasteiger charge is 2.45. The van der Waals surface area contributed by atoms with E-state index in [1.165, 1.54) is 0 Å². The van der Waals surface area contributed by atoms with Crippen LogP contribution in [-0.4, -0.2) is 18.4 Å². The van der Waals surface area contributed by atoms with Gasteiger partial charge >= 0.3 is 0 Å². The van der Waals surface area contributed by atoms with E-state index in [2.05, 4.69) is 21.2 Å². The first kappa shape index (κ1) is 15.9. The molecule has 2 rings (SSSR count). The lowest BCUT2D eigenvalue weighted by atomic mass is 9.73. The van der Waals surface area contributed by atoms with E-state index in [0.717, 1.165) is 10.0 Å². The van der Waals surface area contributed by atoms with Gasteiger partial charge in [0, 0.05) is 17.3 Å². The minimum atomic E-state index is -2.83. The zero-order chi connectivity index (χ0) is 15.5. The van der Waals surface area contributed by atoms with Gasteiger partial charge in [0.1, 0.15) is 6.54 Å². The molecule has 3 nitrogen and oxygen atoms in total. The van der Waals surface area contributed by atoms with Crippen LogP contribution >= 0.6 is 15.9 Å². The number of halogens is 3. The van der Waals surface area contributed by atoms with E-state index in [9.17, 15) is 13.6 Å². The molecule has 0 saturated heterocycles. The maximum atomic E-state index is 13.7. The molecule has 0 unspecified atom stereocenters. The van der Waals surface area contributed by atoms with Gasteiger partial charge in [-0.2, -0.15) is 5.26 Å². The fourth-order valence-electron chi connectivity index (χ4n) is 2.82. The Kier molecular flexibility index (Phi) is 4.94. The third-order valence-corrected chi connectivity index (χ3v) is 4.53. The zero-order valence-corrected chi connectivity index (χ0v) is 12.9. The standard InChI is InChI=1S/C15H15BrF2N2O/c16-13-4-2-1-3-11(13)10-5-6-15(17,18)9-12(10)14(21)20-8-7-19/h1-4,10,12H,5-6,8-9H2,(H,20,21)/t10-,12+/m0/s1. The van der Waals surface area contributed by atoms with Crippen LogP contribution in [0.1, 0.15) is 30.7 Å². The smallest absolute Gasteiger partial charge is 0.249 e. The fraction of sp³-hybridized carbons (Fsp3) is 0.467. The number of benzene rings is 1. The number of nitrogens with one attached hydrogen (secondary N) is 1. The molecule has 0 bridgehead atoms. The third kappa shape index (κ3) is 3.79. The molecule has 1 aliphatic carbocycles. The molecule has 6 heteroatoms. The normalized spacial score (nSPS) is 24.1. The maximum absolute atomic E-state index is 13.7. The molecule has 21 heavy (non-hydrogen) atoms. The van der Waals surface area contributed by atoms with Crippen LogP contribution in [0, 0.1) is 17.2 Å². The Bertz CT molecular complexity index is 571. The maximum Gasteiger partial charge on any atom is 0.249 e. The van der Waals surface area contributed by atoms with Crippen molar-refractivity contribution in [2.45, 2.75) is 31.1 Å². The second-order valence-electron chi connectivity index (χ2n) is 5.21. The molecule has 1 aromatic rings. The molecule has 0 aromatic heterocycles. The molecule has 0 heterocycles. The summed E-state index contributed by atoms with van der Waals surface area (Å²) >= 11 is 3.42. The van der Waals surface area contributed by atoms with Gasteiger partial charge in [-0.25, -0.2) is 8.78 Å². The number of nitriles is 1. The molecule has 1 N–H and O–H groups in total. The van der Waals surface area contributed by atoms with Crippen LogP contribution in [0.5, 0.6) is 0 Å². The highest BCUT2D eigenvalue weighted by atomic mass is 79.9. The molecular weight excluding hydrogens is 342 g/mol. The molecule has 2 atom stereocenters. The summed E-state index contributed by atoms with van der Waals surface area (Å²) in [5, 5.41) is 10.9. The lowest BCUT2D eigenvalue weighted by Crippen LogP contribution is -2.41. The summed E-state index contributed by atoms with van der Waals surface area (Å²) in [6.45, 7) is -0.163. The molecule has 1 fully saturated rings. The van der Waals surface area contributed by atoms with Crippen molar-refractivity contribution in [2.24, 2.45) is 5.92 Å². The van der Waals surface area contributed by atoms with Crippen LogP contribution in [0.4, 0.5) is 8.78 Å². The Hall–Kier alpha value is -1.48. The van der Waals surface area contributed by atoms with Crippen LogP contribution < -0.4 is 5.32 Å². The minimum absolute atomic E-state index is 0.163. The molecule has 1 aliphatic rings. The van der Waals surface area contributed by atoms with Crippen molar-refractivity contribution >= 4 is 21.8 Å². The zero-order valence-electron chi connectivity index (χ0n) is 11.3. The monoisotopic (exact) mass is 356 g/mol. The minimum Gasteiger partial charge on any atom is -0.343 e. The molecule has 1 saturated carbocycles. The van der Waals surface area contributed by atoms with E-state index in [1.54, 1.807) is 6.07 Å². The summed E-state index contributed by atoms with van der Waals surface area (Å²) in [4.78, 5) is 12.1. The fourth-order valence-corrected chi connectivity index (χ4v) is 3.39. The molecule has 1 aromatic carbocycles. The van der Waals surface area contributed by atoms with E-state index >= 15 is 0 Å². The predicted molar refractivity (Wildman–Crippen MR) is 77.8 cm³/mol. The quantitative estimate of drug-likeness (QED) is 0.841. The summed E-state index contributed by atoms with van der Waals surface area (Å²) in [5.41, 5.74) is 0.866. The molecule has 0 spiro atoms. The molecule has 112 valence electrons. The summed E-state index contributed by atoms with van der Waals surface area (Å²) in [5.74, 6) is -4.39. The number of alkyl halides is 2. The number of carbonyl (C=O) groups excluding carboxylic acids is 1. The van der Waals surface area contributed by atoms with Crippen molar-refractivity contribution in [3.8, 4) is 6.07 Å². The van der Waals surface area contributed by atoms with E-state index in [1.807, 2.05) is 24.3 Å². The Balaban J connectivity index is 2.27. The summed E-state index contributed by atoms with van der Waals surface area (Å²) in [6, 6.07) is 9.16. The van der Waals surface area contributed by atoms with Crippen molar-refractivity contribution in [3.05, 3.63) is 34.3 Å². The van der Waals surface area contributed by atoms with Crippen molar-refractivity contribution in [3.63, 3.8) is 0 Å². The lowest BCUT2D eigenvalue weighted by Gasteiger charge is -2.35. The van der Waals surface area contributed by atoms with Gasteiger partial charge in [-0.05, 0) is 24.0 Å². The largest absolute Gasteiger partial charge is 0.343 e. The van der Waals surface area contributed by atoms with Crippen LogP contribution in [0.15, 0.2) is 28.7 Å². The number of rotatable bonds is 3. The highest BCUT2D eigenvalue weighted by molar-refractivity contribution is 9.10. The van der Waals surface area contributed by atoms with E-state index in [4.69, 9.17) is 5.26 Å². The third-order valence-electron chi connectivity index (χ3n) is 3.81. The average Bonchev–Trinajstić information content (AvgIpc) is 2.45. The number of hydrogen-bond donors (Lipinski definition) is 1. The van der Waals surface area contributed by atoms with Gasteiger partial charge in [-0.15, -0.1) is 0 Å². The second-order valence-corrected chi connectivity index (χ2v) is 6.06. The average molecular weight is 357 g/mol. The van der Waals surface area contributed by atoms with Crippen molar-refractivity contribution in [2.75, 3.05) is 6.54 Å². The van der Waals surface area contributed by atoms with Gasteiger partial charge in [-0.1, -0.05) is 34.1 Å². The van der Waals surface area contributed by atoms with Crippen molar-refractivity contribution < 1.29 is 13.6 Å². The molecule has 1 amide bonds. The van der Waals surface area contributed by atoms with E-state index in [-0.39, 0.29) is 25.3 Å². The summed E-state index contributed by atoms with van der Waals surface area (Å²) in [7, 11) is 0. The van der Waals surface area contributed by atoms with Gasteiger partial charge in [-0.3, -0.25) is 4.79 Å². The molecular formula is C15H15BrF2N2O. The number of hydrogen-bond acceptors (Lipinski definition) is 2. The van der Waals surface area contributed by atoms with Gasteiger partial charge in [0.2, 0.25) is 11.8 Å². The SMILES string of the molecule is N#CCNC(=O)[C@@H]1CC(F)(F)CC[C@H]1c1ccccc1Br. The van der Waals surface area contributed by atoms with Gasteiger partial charge in [0.05, 0.1) is 12.0 Å². The van der Waals surface area contributed by atoms with E-state index < -0.39 is 24.2 Å². The number of nitrogens with zero attached hydrogens (tertiary/aromatic N) is 1. The van der Waals surface area contributed by atoms with Crippen LogP contribution in [0.25, 0.3) is 0 Å². The van der Waals surface area contributed by atoms with Crippen molar-refractivity contribution in [1.82, 2.24) is 5.32 Å². The highest BCUT2D eigenvalue weighted by Crippen LogP contribution is 2.46. The van der Waals surface area contributed by atoms with Crippen molar-refractivity contribution in [1.29, 1.82) is 5.26 Å². The first-order valence-electron chi connectivity index (χ1n) is 6.71. The Morgan fingerprint density at radius 2 is 2.19 bits per heavy atom. The van der Waals surface area contributed by atoms with E-state index in [0.29, 0.717) is 0 Å². The Morgan fingerprint density at radius 3 is 2.86 bits per heavy atom. The Labute approximate surface area is 130 Å². The van der Waals surface area contributed by atoms with Crippen LogP contribution in [0.3, 0.4) is 0 Å². The first-order valence-corrected chi connectivity index (χ1v) is 7.51. The Morgan fingerprint density at radius 1 is 1.48 bits per heavy atom. The molecule has 0 radical (unpaired) electrons. The summed E-state index contributed by atoms with van der Waals surface area (Å²) in [6.07, 6.45) is -0.447. The second kappa shape index (κ2) is 6.52. The topological polar surface area (TPSA) is 52.9 Å². The van der Waals surface area contributed by atoms with Gasteiger partial charge in [0.15, 0.2) is 0 Å².